The van der Waals surface area contributed by atoms with E-state index < -0.39 is 0 Å². The SMILES string of the molecule is C=C(O)/C=C(\C=C/C)c1ccc(-c2nc(/C=C\C)c(C)c(C=O)c2OC)cc1. The summed E-state index contributed by atoms with van der Waals surface area (Å²) < 4.78 is 5.52. The van der Waals surface area contributed by atoms with Crippen LogP contribution in [-0.2, 0) is 0 Å². The predicted octanol–water partition coefficient (Wildman–Crippen LogP) is 5.94. The van der Waals surface area contributed by atoms with Crippen molar-refractivity contribution in [3.8, 4) is 17.0 Å². The molecule has 1 aromatic heterocycles. The number of aldehydes is 1. The number of aliphatic hydroxyl groups excluding tert-OH is 1. The number of benzene rings is 1. The first-order valence-electron chi connectivity index (χ1n) is 8.96. The highest BCUT2D eigenvalue weighted by Crippen LogP contribution is 2.35. The van der Waals surface area contributed by atoms with Crippen molar-refractivity contribution in [2.24, 2.45) is 0 Å². The van der Waals surface area contributed by atoms with Gasteiger partial charge in [-0.05, 0) is 49.6 Å². The number of hydrogen-bond donors (Lipinski definition) is 1. The molecule has 0 aliphatic heterocycles. The van der Waals surface area contributed by atoms with E-state index in [9.17, 15) is 9.90 Å². The molecule has 0 radical (unpaired) electrons. The van der Waals surface area contributed by atoms with Crippen LogP contribution in [-0.4, -0.2) is 23.5 Å². The van der Waals surface area contributed by atoms with Crippen molar-refractivity contribution in [3.05, 3.63) is 83.3 Å². The number of pyridine rings is 1. The highest BCUT2D eigenvalue weighted by molar-refractivity contribution is 5.88. The molecule has 4 nitrogen and oxygen atoms in total. The van der Waals surface area contributed by atoms with E-state index in [1.54, 1.807) is 6.08 Å². The molecule has 0 saturated heterocycles. The Kier molecular flexibility index (Phi) is 7.10. The van der Waals surface area contributed by atoms with Gasteiger partial charge in [0.1, 0.15) is 11.5 Å². The van der Waals surface area contributed by atoms with E-state index in [-0.39, 0.29) is 5.76 Å². The Labute approximate surface area is 166 Å². The quantitative estimate of drug-likeness (QED) is 0.369. The summed E-state index contributed by atoms with van der Waals surface area (Å²) in [5, 5.41) is 9.51. The third-order valence-electron chi connectivity index (χ3n) is 4.29. The molecule has 28 heavy (non-hydrogen) atoms. The van der Waals surface area contributed by atoms with E-state index >= 15 is 0 Å². The molecule has 1 N–H and O–H groups in total. The van der Waals surface area contributed by atoms with Gasteiger partial charge in [0.05, 0.1) is 18.4 Å². The van der Waals surface area contributed by atoms with Crippen molar-refractivity contribution in [1.29, 1.82) is 0 Å². The number of carbonyl (C=O) groups excluding carboxylic acids is 1. The molecule has 0 unspecified atom stereocenters. The van der Waals surface area contributed by atoms with E-state index in [0.717, 1.165) is 34.2 Å². The van der Waals surface area contributed by atoms with Crippen LogP contribution in [0.15, 0.2) is 60.9 Å². The second kappa shape index (κ2) is 9.51. The van der Waals surface area contributed by atoms with E-state index in [2.05, 4.69) is 6.58 Å². The monoisotopic (exact) mass is 375 g/mol. The number of allylic oxidation sites excluding steroid dienone is 5. The molecule has 0 fully saturated rings. The largest absolute Gasteiger partial charge is 0.509 e. The molecule has 0 aliphatic rings. The van der Waals surface area contributed by atoms with Gasteiger partial charge < -0.3 is 9.84 Å². The van der Waals surface area contributed by atoms with Crippen LogP contribution >= 0.6 is 0 Å². The summed E-state index contributed by atoms with van der Waals surface area (Å²) in [5.41, 5.74) is 5.22. The zero-order valence-electron chi connectivity index (χ0n) is 16.7. The van der Waals surface area contributed by atoms with Crippen LogP contribution < -0.4 is 4.74 Å². The van der Waals surface area contributed by atoms with Crippen LogP contribution in [0.2, 0.25) is 0 Å². The number of rotatable bonds is 7. The summed E-state index contributed by atoms with van der Waals surface area (Å²) in [4.78, 5) is 16.4. The first-order chi connectivity index (χ1) is 13.5. The van der Waals surface area contributed by atoms with Gasteiger partial charge in [-0.25, -0.2) is 4.98 Å². The van der Waals surface area contributed by atoms with Gasteiger partial charge in [-0.1, -0.05) is 49.1 Å². The van der Waals surface area contributed by atoms with Gasteiger partial charge in [0, 0.05) is 5.56 Å². The van der Waals surface area contributed by atoms with Gasteiger partial charge in [-0.2, -0.15) is 0 Å². The zero-order valence-corrected chi connectivity index (χ0v) is 16.7. The fraction of sp³-hybridized carbons (Fsp3) is 0.167. The highest BCUT2D eigenvalue weighted by atomic mass is 16.5. The van der Waals surface area contributed by atoms with E-state index in [1.165, 1.54) is 7.11 Å². The Hall–Kier alpha value is -3.40. The predicted molar refractivity (Wildman–Crippen MR) is 116 cm³/mol. The maximum Gasteiger partial charge on any atom is 0.155 e. The van der Waals surface area contributed by atoms with Crippen molar-refractivity contribution in [3.63, 3.8) is 0 Å². The summed E-state index contributed by atoms with van der Waals surface area (Å²) >= 11 is 0. The molecule has 0 spiro atoms. The fourth-order valence-electron chi connectivity index (χ4n) is 2.96. The normalized spacial score (nSPS) is 11.9. The molecule has 2 rings (SSSR count). The number of methoxy groups -OCH3 is 1. The number of aromatic nitrogens is 1. The Morgan fingerprint density at radius 2 is 1.86 bits per heavy atom. The highest BCUT2D eigenvalue weighted by Gasteiger charge is 2.18. The average molecular weight is 375 g/mol. The molecule has 4 heteroatoms. The minimum atomic E-state index is -0.00864. The van der Waals surface area contributed by atoms with E-state index in [4.69, 9.17) is 9.72 Å². The van der Waals surface area contributed by atoms with Gasteiger partial charge in [0.15, 0.2) is 12.0 Å². The first-order valence-corrected chi connectivity index (χ1v) is 8.96. The maximum absolute atomic E-state index is 11.7. The Morgan fingerprint density at radius 3 is 2.36 bits per heavy atom. The second-order valence-electron chi connectivity index (χ2n) is 6.20. The first kappa shape index (κ1) is 20.9. The molecule has 0 saturated carbocycles. The topological polar surface area (TPSA) is 59.4 Å². The molecule has 144 valence electrons. The zero-order chi connectivity index (χ0) is 20.7. The second-order valence-corrected chi connectivity index (χ2v) is 6.20. The summed E-state index contributed by atoms with van der Waals surface area (Å²) in [6, 6.07) is 7.70. The lowest BCUT2D eigenvalue weighted by Crippen LogP contribution is -2.03. The summed E-state index contributed by atoms with van der Waals surface area (Å²) in [6.07, 6.45) is 9.97. The Bertz CT molecular complexity index is 964. The third kappa shape index (κ3) is 4.46. The van der Waals surface area contributed by atoms with Gasteiger partial charge in [-0.3, -0.25) is 4.79 Å². The Morgan fingerprint density at radius 1 is 1.18 bits per heavy atom. The summed E-state index contributed by atoms with van der Waals surface area (Å²) in [7, 11) is 1.54. The molecule has 0 aliphatic carbocycles. The summed E-state index contributed by atoms with van der Waals surface area (Å²) in [6.45, 7) is 9.20. The van der Waals surface area contributed by atoms with Crippen LogP contribution in [0.4, 0.5) is 0 Å². The van der Waals surface area contributed by atoms with Crippen molar-refractivity contribution in [2.45, 2.75) is 20.8 Å². The lowest BCUT2D eigenvalue weighted by Gasteiger charge is -2.15. The van der Waals surface area contributed by atoms with Crippen LogP contribution in [0.5, 0.6) is 5.75 Å². The standard InChI is InChI=1S/C24H25NO3/c1-6-8-20(14-16(3)27)18-10-12-19(13-11-18)23-24(28-5)21(15-26)17(4)22(25-23)9-7-2/h6-15,27H,3H2,1-2,4-5H3/b8-6-,9-7-,20-14+. The molecule has 1 aromatic carbocycles. The Balaban J connectivity index is 2.63. The smallest absolute Gasteiger partial charge is 0.155 e. The van der Waals surface area contributed by atoms with Crippen molar-refractivity contribution < 1.29 is 14.6 Å². The minimum Gasteiger partial charge on any atom is -0.509 e. The van der Waals surface area contributed by atoms with E-state index in [0.29, 0.717) is 17.0 Å². The van der Waals surface area contributed by atoms with Gasteiger partial charge in [0.25, 0.3) is 0 Å². The maximum atomic E-state index is 11.7. The minimum absolute atomic E-state index is 0.00864. The lowest BCUT2D eigenvalue weighted by atomic mass is 9.98. The molecule has 1 heterocycles. The van der Waals surface area contributed by atoms with Crippen LogP contribution in [0.25, 0.3) is 22.9 Å². The average Bonchev–Trinajstić information content (AvgIpc) is 2.68. The van der Waals surface area contributed by atoms with Crippen molar-refractivity contribution in [1.82, 2.24) is 4.98 Å². The van der Waals surface area contributed by atoms with Crippen LogP contribution in [0.3, 0.4) is 0 Å². The summed E-state index contributed by atoms with van der Waals surface area (Å²) in [5.74, 6) is 0.451. The molecule has 0 amide bonds. The van der Waals surface area contributed by atoms with Crippen LogP contribution in [0.1, 0.15) is 41.0 Å². The van der Waals surface area contributed by atoms with Crippen molar-refractivity contribution in [2.75, 3.05) is 7.11 Å². The number of nitrogens with zero attached hydrogens (tertiary/aromatic N) is 1. The fourth-order valence-corrected chi connectivity index (χ4v) is 2.96. The van der Waals surface area contributed by atoms with Crippen molar-refractivity contribution >= 4 is 17.9 Å². The van der Waals surface area contributed by atoms with Crippen LogP contribution in [0, 0.1) is 6.92 Å². The molecular formula is C24H25NO3. The van der Waals surface area contributed by atoms with Gasteiger partial charge in [0.2, 0.25) is 0 Å². The van der Waals surface area contributed by atoms with E-state index in [1.807, 2.05) is 69.3 Å². The van der Waals surface area contributed by atoms with Gasteiger partial charge >= 0.3 is 0 Å². The lowest BCUT2D eigenvalue weighted by molar-refractivity contribution is 0.112. The third-order valence-corrected chi connectivity index (χ3v) is 4.29. The molecular weight excluding hydrogens is 350 g/mol. The number of hydrogen-bond acceptors (Lipinski definition) is 4. The number of aliphatic hydroxyl groups is 1. The number of carbonyl (C=O) groups is 1. The molecule has 2 aromatic rings. The van der Waals surface area contributed by atoms with Gasteiger partial charge in [-0.15, -0.1) is 0 Å². The molecule has 0 bridgehead atoms. The number of ether oxygens (including phenoxy) is 1. The molecule has 0 atom stereocenters.